The predicted octanol–water partition coefficient (Wildman–Crippen LogP) is 4.26. The highest BCUT2D eigenvalue weighted by Crippen LogP contribution is 2.23. The van der Waals surface area contributed by atoms with Gasteiger partial charge < -0.3 is 5.32 Å². The summed E-state index contributed by atoms with van der Waals surface area (Å²) in [7, 11) is 0. The highest BCUT2D eigenvalue weighted by Gasteiger charge is 2.14. The number of hydrogen-bond acceptors (Lipinski definition) is 2. The van der Waals surface area contributed by atoms with E-state index in [4.69, 9.17) is 28.5 Å². The maximum Gasteiger partial charge on any atom is 0.257 e. The number of anilines is 1. The summed E-state index contributed by atoms with van der Waals surface area (Å²) >= 11 is 11.7. The monoisotopic (exact) mass is 308 g/mol. The summed E-state index contributed by atoms with van der Waals surface area (Å²) in [5.74, 6) is -1.25. The molecule has 0 saturated heterocycles. The van der Waals surface area contributed by atoms with Crippen molar-refractivity contribution in [1.29, 1.82) is 5.26 Å². The van der Waals surface area contributed by atoms with Crippen LogP contribution in [0.5, 0.6) is 0 Å². The summed E-state index contributed by atoms with van der Waals surface area (Å²) in [6, 6.07) is 10.1. The van der Waals surface area contributed by atoms with Crippen LogP contribution in [0.4, 0.5) is 10.1 Å². The van der Waals surface area contributed by atoms with E-state index in [1.165, 1.54) is 30.3 Å². The van der Waals surface area contributed by atoms with Crippen LogP contribution >= 0.6 is 23.2 Å². The number of nitrogens with zero attached hydrogens (tertiary/aromatic N) is 1. The van der Waals surface area contributed by atoms with E-state index < -0.39 is 11.7 Å². The molecule has 6 heteroatoms. The molecule has 100 valence electrons. The van der Waals surface area contributed by atoms with E-state index in [1.54, 1.807) is 6.07 Å². The van der Waals surface area contributed by atoms with Crippen molar-refractivity contribution >= 4 is 34.8 Å². The molecule has 0 radical (unpaired) electrons. The maximum atomic E-state index is 13.4. The first kappa shape index (κ1) is 14.3. The van der Waals surface area contributed by atoms with Gasteiger partial charge in [0.15, 0.2) is 0 Å². The van der Waals surface area contributed by atoms with Crippen LogP contribution < -0.4 is 5.32 Å². The number of rotatable bonds is 2. The average molecular weight is 309 g/mol. The molecule has 0 aromatic heterocycles. The van der Waals surface area contributed by atoms with E-state index in [-0.39, 0.29) is 21.8 Å². The second-order valence-corrected chi connectivity index (χ2v) is 4.70. The van der Waals surface area contributed by atoms with Gasteiger partial charge in [0.25, 0.3) is 5.91 Å². The number of hydrogen-bond donors (Lipinski definition) is 1. The van der Waals surface area contributed by atoms with E-state index >= 15 is 0 Å². The van der Waals surface area contributed by atoms with Gasteiger partial charge in [-0.2, -0.15) is 5.26 Å². The number of amides is 1. The fraction of sp³-hybridized carbons (Fsp3) is 0. The second-order valence-electron chi connectivity index (χ2n) is 3.85. The number of nitriles is 1. The van der Waals surface area contributed by atoms with Gasteiger partial charge in [0, 0.05) is 5.02 Å². The minimum atomic E-state index is -0.701. The highest BCUT2D eigenvalue weighted by atomic mass is 35.5. The van der Waals surface area contributed by atoms with E-state index in [9.17, 15) is 9.18 Å². The molecule has 0 atom stereocenters. The van der Waals surface area contributed by atoms with Crippen LogP contribution in [-0.4, -0.2) is 5.91 Å². The first-order valence-corrected chi connectivity index (χ1v) is 6.23. The molecule has 0 fully saturated rings. The highest BCUT2D eigenvalue weighted by molar-refractivity contribution is 6.37. The van der Waals surface area contributed by atoms with Crippen molar-refractivity contribution in [2.24, 2.45) is 0 Å². The fourth-order valence-electron chi connectivity index (χ4n) is 1.61. The zero-order valence-electron chi connectivity index (χ0n) is 9.95. The molecule has 0 spiro atoms. The van der Waals surface area contributed by atoms with Crippen LogP contribution in [0, 0.1) is 17.1 Å². The molecule has 0 heterocycles. The Morgan fingerprint density at radius 1 is 1.25 bits per heavy atom. The lowest BCUT2D eigenvalue weighted by Gasteiger charge is -2.08. The van der Waals surface area contributed by atoms with E-state index in [0.717, 1.165) is 6.07 Å². The Balaban J connectivity index is 2.33. The molecule has 0 aliphatic carbocycles. The van der Waals surface area contributed by atoms with Gasteiger partial charge in [0.1, 0.15) is 17.4 Å². The van der Waals surface area contributed by atoms with Crippen molar-refractivity contribution in [2.75, 3.05) is 5.32 Å². The van der Waals surface area contributed by atoms with Gasteiger partial charge in [-0.25, -0.2) is 4.39 Å². The number of nitrogens with one attached hydrogen (secondary N) is 1. The Kier molecular flexibility index (Phi) is 4.23. The normalized spacial score (nSPS) is 9.90. The van der Waals surface area contributed by atoms with Gasteiger partial charge in [-0.3, -0.25) is 4.79 Å². The van der Waals surface area contributed by atoms with Crippen molar-refractivity contribution in [1.82, 2.24) is 0 Å². The lowest BCUT2D eigenvalue weighted by atomic mass is 10.1. The summed E-state index contributed by atoms with van der Waals surface area (Å²) in [5, 5.41) is 11.9. The molecule has 1 N–H and O–H groups in total. The fourth-order valence-corrected chi connectivity index (χ4v) is 2.10. The third-order valence-electron chi connectivity index (χ3n) is 2.55. The topological polar surface area (TPSA) is 52.9 Å². The van der Waals surface area contributed by atoms with Gasteiger partial charge in [-0.15, -0.1) is 0 Å². The summed E-state index contributed by atoms with van der Waals surface area (Å²) in [6.07, 6.45) is 0. The van der Waals surface area contributed by atoms with Gasteiger partial charge in [0.2, 0.25) is 0 Å². The Hall–Kier alpha value is -2.09. The van der Waals surface area contributed by atoms with Gasteiger partial charge >= 0.3 is 0 Å². The van der Waals surface area contributed by atoms with E-state index in [0.29, 0.717) is 5.02 Å². The summed E-state index contributed by atoms with van der Waals surface area (Å²) < 4.78 is 13.4. The predicted molar refractivity (Wildman–Crippen MR) is 75.5 cm³/mol. The number of carbonyl (C=O) groups is 1. The lowest BCUT2D eigenvalue weighted by Crippen LogP contribution is -2.13. The molecule has 3 nitrogen and oxygen atoms in total. The Bertz CT molecular complexity index is 726. The van der Waals surface area contributed by atoms with Crippen molar-refractivity contribution in [3.63, 3.8) is 0 Å². The second kappa shape index (κ2) is 5.91. The van der Waals surface area contributed by atoms with Crippen LogP contribution in [0.25, 0.3) is 0 Å². The Morgan fingerprint density at radius 3 is 2.65 bits per heavy atom. The van der Waals surface area contributed by atoms with Gasteiger partial charge in [-0.1, -0.05) is 29.3 Å². The first-order valence-electron chi connectivity index (χ1n) is 5.48. The van der Waals surface area contributed by atoms with Crippen LogP contribution in [0.1, 0.15) is 15.9 Å². The molecule has 1 amide bonds. The number of halogens is 3. The Labute approximate surface area is 124 Å². The molecular weight excluding hydrogens is 302 g/mol. The summed E-state index contributed by atoms with van der Waals surface area (Å²) in [4.78, 5) is 12.1. The SMILES string of the molecule is N#Cc1c(F)cccc1NC(=O)c1ccc(Cl)cc1Cl. The molecule has 0 aliphatic rings. The Morgan fingerprint density at radius 2 is 2.00 bits per heavy atom. The third kappa shape index (κ3) is 2.90. The molecule has 0 aliphatic heterocycles. The summed E-state index contributed by atoms with van der Waals surface area (Å²) in [6.45, 7) is 0. The average Bonchev–Trinajstić information content (AvgIpc) is 2.38. The molecule has 0 bridgehead atoms. The molecule has 2 aromatic rings. The van der Waals surface area contributed by atoms with E-state index in [1.807, 2.05) is 0 Å². The van der Waals surface area contributed by atoms with Gasteiger partial charge in [-0.05, 0) is 30.3 Å². The van der Waals surface area contributed by atoms with E-state index in [2.05, 4.69) is 5.32 Å². The number of benzene rings is 2. The number of carbonyl (C=O) groups excluding carboxylic acids is 1. The molecule has 2 rings (SSSR count). The standard InChI is InChI=1S/C14H7Cl2FN2O/c15-8-4-5-9(11(16)6-8)14(20)19-13-3-1-2-12(17)10(13)7-18/h1-6H,(H,19,20). The van der Waals surface area contributed by atoms with Crippen molar-refractivity contribution in [3.8, 4) is 6.07 Å². The van der Waals surface area contributed by atoms with Crippen LogP contribution in [0.2, 0.25) is 10.0 Å². The first-order chi connectivity index (χ1) is 9.52. The van der Waals surface area contributed by atoms with Crippen LogP contribution in [-0.2, 0) is 0 Å². The summed E-state index contributed by atoms with van der Waals surface area (Å²) in [5.41, 5.74) is 0.0404. The molecule has 0 saturated carbocycles. The maximum absolute atomic E-state index is 13.4. The van der Waals surface area contributed by atoms with Crippen LogP contribution in [0.15, 0.2) is 36.4 Å². The minimum Gasteiger partial charge on any atom is -0.321 e. The smallest absolute Gasteiger partial charge is 0.257 e. The van der Waals surface area contributed by atoms with Crippen molar-refractivity contribution < 1.29 is 9.18 Å². The lowest BCUT2D eigenvalue weighted by molar-refractivity contribution is 0.102. The minimum absolute atomic E-state index is 0.0866. The molecular formula is C14H7Cl2FN2O. The zero-order valence-corrected chi connectivity index (χ0v) is 11.5. The molecule has 0 unspecified atom stereocenters. The largest absolute Gasteiger partial charge is 0.321 e. The zero-order chi connectivity index (χ0) is 14.7. The molecule has 20 heavy (non-hydrogen) atoms. The third-order valence-corrected chi connectivity index (χ3v) is 3.10. The quantitative estimate of drug-likeness (QED) is 0.901. The molecule has 2 aromatic carbocycles. The van der Waals surface area contributed by atoms with Gasteiger partial charge in [0.05, 0.1) is 16.3 Å². The van der Waals surface area contributed by atoms with Crippen molar-refractivity contribution in [3.05, 3.63) is 63.4 Å². The van der Waals surface area contributed by atoms with Crippen molar-refractivity contribution in [2.45, 2.75) is 0 Å². The van der Waals surface area contributed by atoms with Crippen LogP contribution in [0.3, 0.4) is 0 Å².